The molecule has 0 aromatic heterocycles. The average molecular weight is 1660 g/mol. The van der Waals surface area contributed by atoms with Crippen LogP contribution in [-0.4, -0.2) is 151 Å². The maximum absolute atomic E-state index is 13.6. The van der Waals surface area contributed by atoms with Crippen molar-refractivity contribution < 1.29 is 84.5 Å². The molecule has 6 atom stereocenters. The van der Waals surface area contributed by atoms with E-state index >= 15 is 0 Å². The lowest BCUT2D eigenvalue weighted by Crippen LogP contribution is -2.42. The molecule has 114 heavy (non-hydrogen) atoms. The molecule has 0 aliphatic carbocycles. The first-order valence-corrected chi connectivity index (χ1v) is 49.9. The van der Waals surface area contributed by atoms with Gasteiger partial charge in [0.15, 0.2) is 0 Å². The summed E-state index contributed by atoms with van der Waals surface area (Å²) in [6.45, 7) is 15.4. The van der Waals surface area contributed by atoms with Gasteiger partial charge in [0.05, 0.1) is 77.8 Å². The van der Waals surface area contributed by atoms with Gasteiger partial charge in [-0.2, -0.15) is 0 Å². The number of ether oxygens (including phenoxy) is 4. The molecule has 666 valence electrons. The molecule has 0 saturated carbocycles. The minimum Gasteiger partial charge on any atom is -0.462 e. The fourth-order valence-electron chi connectivity index (χ4n) is 13.1. The molecule has 0 aliphatic rings. The first-order chi connectivity index (χ1) is 55.2. The lowest BCUT2D eigenvalue weighted by atomic mass is 10.0. The van der Waals surface area contributed by atoms with Gasteiger partial charge in [0.2, 0.25) is 23.6 Å². The summed E-state index contributed by atoms with van der Waals surface area (Å²) in [5, 5.41) is 11.2. The van der Waals surface area contributed by atoms with E-state index in [0.717, 1.165) is 141 Å². The van der Waals surface area contributed by atoms with Gasteiger partial charge in [-0.15, -0.1) is 0 Å². The van der Waals surface area contributed by atoms with Crippen LogP contribution in [0.5, 0.6) is 0 Å². The van der Waals surface area contributed by atoms with Gasteiger partial charge < -0.3 is 58.3 Å². The maximum Gasteiger partial charge on any atom is 0.327 e. The molecule has 0 spiro atoms. The van der Waals surface area contributed by atoms with E-state index in [1.807, 2.05) is 0 Å². The Kier molecular flexibility index (Phi) is 77.0. The van der Waals surface area contributed by atoms with Crippen molar-refractivity contribution >= 4 is 62.3 Å². The van der Waals surface area contributed by atoms with E-state index in [0.29, 0.717) is 77.0 Å². The maximum atomic E-state index is 13.6. The van der Waals surface area contributed by atoms with Crippen LogP contribution < -0.4 is 21.3 Å². The molecule has 0 aliphatic heterocycles. The molecule has 0 bridgehead atoms. The molecule has 6 unspecified atom stereocenters. The van der Waals surface area contributed by atoms with E-state index < -0.39 is 39.1 Å². The first kappa shape index (κ1) is 110. The van der Waals surface area contributed by atoms with E-state index in [4.69, 9.17) is 37.0 Å². The van der Waals surface area contributed by atoms with E-state index in [1.165, 1.54) is 129 Å². The summed E-state index contributed by atoms with van der Waals surface area (Å²) in [5.41, 5.74) is 0. The third-order valence-electron chi connectivity index (χ3n) is 20.1. The summed E-state index contributed by atoms with van der Waals surface area (Å²) in [5.74, 6) is -2.35. The van der Waals surface area contributed by atoms with Gasteiger partial charge in [-0.05, 0) is 103 Å². The van der Waals surface area contributed by atoms with E-state index in [9.17, 15) is 47.5 Å². The Morgan fingerprint density at radius 3 is 0.921 bits per heavy atom. The van der Waals surface area contributed by atoms with Crippen LogP contribution >= 0.6 is 15.2 Å². The summed E-state index contributed by atoms with van der Waals surface area (Å²) in [7, 11) is -7.46. The predicted octanol–water partition coefficient (Wildman–Crippen LogP) is 22.0. The largest absolute Gasteiger partial charge is 0.462 e. The molecule has 24 heteroatoms. The van der Waals surface area contributed by atoms with Crippen LogP contribution in [0.1, 0.15) is 401 Å². The predicted molar refractivity (Wildman–Crippen MR) is 463 cm³/mol. The highest BCUT2D eigenvalue weighted by molar-refractivity contribution is 7.53. The third kappa shape index (κ3) is 76.5. The number of nitrogens with one attached hydrogen (secondary N) is 4. The normalized spacial score (nSPS) is 13.8. The van der Waals surface area contributed by atoms with Crippen LogP contribution in [0.2, 0.25) is 0 Å². The van der Waals surface area contributed by atoms with Gasteiger partial charge in [-0.25, -0.2) is 0 Å². The zero-order valence-corrected chi connectivity index (χ0v) is 75.3. The SMILES string of the molecule is CCCCCC/C=C\CCCC(=O)OC(CCCCCCC)CCOCC(COP(C)(=O)OCCNC(=O)CCCCC(=O)NCCOP(C)(=O)OCC(COCCC(CCCCCCC)OC(=O)CCC/C=C\CCCCCC)NC(=O)CC(=O)CCCCCCCCCCC)NC(=O)CC(=O)CCCCCCCCCCC. The Labute approximate surface area is 693 Å². The molecule has 0 aromatic carbocycles. The molecular formula is C90H168N4O18P2. The molecule has 0 rings (SSSR count). The Hall–Kier alpha value is -4.14. The Morgan fingerprint density at radius 2 is 0.588 bits per heavy atom. The van der Waals surface area contributed by atoms with Gasteiger partial charge in [0, 0.05) is 77.8 Å². The van der Waals surface area contributed by atoms with E-state index in [2.05, 4.69) is 87.1 Å². The van der Waals surface area contributed by atoms with E-state index in [1.54, 1.807) is 0 Å². The Morgan fingerprint density at radius 1 is 0.298 bits per heavy atom. The van der Waals surface area contributed by atoms with E-state index in [-0.39, 0.29) is 139 Å². The molecule has 0 fully saturated rings. The van der Waals surface area contributed by atoms with Crippen molar-refractivity contribution in [1.82, 2.24) is 21.3 Å². The highest BCUT2D eigenvalue weighted by atomic mass is 31.2. The monoisotopic (exact) mass is 1660 g/mol. The lowest BCUT2D eigenvalue weighted by molar-refractivity contribution is -0.151. The number of carbonyl (C=O) groups excluding carboxylic acids is 8. The Balaban J connectivity index is 5.47. The van der Waals surface area contributed by atoms with Gasteiger partial charge >= 0.3 is 27.1 Å². The second-order valence-corrected chi connectivity index (χ2v) is 35.7. The van der Waals surface area contributed by atoms with Crippen molar-refractivity contribution in [3.63, 3.8) is 0 Å². The highest BCUT2D eigenvalue weighted by Crippen LogP contribution is 2.44. The van der Waals surface area contributed by atoms with Crippen molar-refractivity contribution in [2.75, 3.05) is 79.3 Å². The van der Waals surface area contributed by atoms with Gasteiger partial charge in [-0.3, -0.25) is 47.5 Å². The van der Waals surface area contributed by atoms with Crippen LogP contribution in [0.3, 0.4) is 0 Å². The highest BCUT2D eigenvalue weighted by Gasteiger charge is 2.26. The summed E-state index contributed by atoms with van der Waals surface area (Å²) < 4.78 is 74.1. The number of carbonyl (C=O) groups is 8. The molecule has 0 heterocycles. The smallest absolute Gasteiger partial charge is 0.327 e. The number of allylic oxidation sites excluding steroid dienone is 4. The number of amides is 4. The average Bonchev–Trinajstić information content (AvgIpc) is 0.902. The van der Waals surface area contributed by atoms with Crippen molar-refractivity contribution in [3.8, 4) is 0 Å². The van der Waals surface area contributed by atoms with Crippen LogP contribution in [0, 0.1) is 0 Å². The number of unbranched alkanes of at least 4 members (excludes halogenated alkanes) is 35. The molecule has 4 amide bonds. The van der Waals surface area contributed by atoms with Gasteiger partial charge in [0.1, 0.15) is 23.8 Å². The Bertz CT molecular complexity index is 2370. The fourth-order valence-corrected chi connectivity index (χ4v) is 15.0. The number of hydrogen-bond acceptors (Lipinski definition) is 18. The fraction of sp³-hybridized carbons (Fsp3) is 0.867. The minimum atomic E-state index is -3.73. The lowest BCUT2D eigenvalue weighted by Gasteiger charge is -2.22. The number of hydrogen-bond donors (Lipinski definition) is 4. The second kappa shape index (κ2) is 79.9. The zero-order valence-electron chi connectivity index (χ0n) is 73.5. The second-order valence-electron chi connectivity index (χ2n) is 31.6. The first-order valence-electron chi connectivity index (χ1n) is 45.9. The quantitative estimate of drug-likeness (QED) is 0.0145. The topological polar surface area (TPSA) is 293 Å². The van der Waals surface area contributed by atoms with Crippen molar-refractivity contribution in [3.05, 3.63) is 24.3 Å². The van der Waals surface area contributed by atoms with Gasteiger partial charge in [-0.1, -0.05) is 258 Å². The summed E-state index contributed by atoms with van der Waals surface area (Å²) in [4.78, 5) is 104. The van der Waals surface area contributed by atoms with Gasteiger partial charge in [0.25, 0.3) is 0 Å². The van der Waals surface area contributed by atoms with Crippen LogP contribution in [-0.2, 0) is 84.5 Å². The zero-order chi connectivity index (χ0) is 83.9. The van der Waals surface area contributed by atoms with Crippen LogP contribution in [0.15, 0.2) is 24.3 Å². The number of ketones is 2. The molecule has 4 N–H and O–H groups in total. The molecule has 0 radical (unpaired) electrons. The number of Topliss-reactive ketones (excluding diaryl/α,β-unsaturated/α-hetero) is 2. The summed E-state index contributed by atoms with van der Waals surface area (Å²) in [6, 6.07) is -1.58. The standard InChI is InChI=1S/C90H168N4O18P2/c1-9-15-21-27-31-35-39-45-49-57-81(95)73-87(99)93-79(75-105-69-65-83(59-51-43-25-19-13-5)111-89(101)63-53-47-41-37-33-29-23-17-11-3)77-109-113(7,103)107-71-67-91-85(97)61-55-56-62-86(98)92-68-72-108-114(8,104)110-78-80(94-88(100)74-82(96)58-50-46-40-36-32-28-22-16-10-2)76-106-70-66-84(60-52-44-26-20-14-6)112-90(102)64-54-48-42-38-34-30-24-18-12-4/h37-38,41-42,79-80,83-84H,9-36,39-40,43-78H2,1-8H3,(H,91,97)(H,92,98)(H,93,99)(H,94,100)/b41-37-,42-38-. The molecule has 22 nitrogen and oxygen atoms in total. The summed E-state index contributed by atoms with van der Waals surface area (Å²) >= 11 is 0. The van der Waals surface area contributed by atoms with Crippen molar-refractivity contribution in [1.29, 1.82) is 0 Å². The molecule has 0 aromatic rings. The number of rotatable bonds is 87. The minimum absolute atomic E-state index is 0.0257. The van der Waals surface area contributed by atoms with Crippen LogP contribution in [0.4, 0.5) is 0 Å². The van der Waals surface area contributed by atoms with Crippen LogP contribution in [0.25, 0.3) is 0 Å². The molecule has 0 saturated heterocycles. The third-order valence-corrected chi connectivity index (χ3v) is 22.6. The van der Waals surface area contributed by atoms with Crippen molar-refractivity contribution in [2.24, 2.45) is 0 Å². The molecular weight excluding hydrogens is 1490 g/mol. The number of esters is 2. The summed E-state index contributed by atoms with van der Waals surface area (Å²) in [6.07, 6.45) is 57.7. The van der Waals surface area contributed by atoms with Crippen molar-refractivity contribution in [2.45, 2.75) is 425 Å².